The van der Waals surface area contributed by atoms with E-state index in [1.807, 2.05) is 11.8 Å². The van der Waals surface area contributed by atoms with Crippen LogP contribution >= 0.6 is 11.8 Å². The van der Waals surface area contributed by atoms with Crippen LogP contribution < -0.4 is 5.32 Å². The lowest BCUT2D eigenvalue weighted by Gasteiger charge is -2.31. The summed E-state index contributed by atoms with van der Waals surface area (Å²) in [5, 5.41) is 3.66. The molecular formula is C15H25NS. The summed E-state index contributed by atoms with van der Waals surface area (Å²) in [6, 6.07) is 11.2. The molecule has 1 unspecified atom stereocenters. The normalized spacial score (nSPS) is 13.6. The van der Waals surface area contributed by atoms with Gasteiger partial charge >= 0.3 is 0 Å². The first-order valence-electron chi connectivity index (χ1n) is 6.45. The van der Waals surface area contributed by atoms with E-state index in [9.17, 15) is 0 Å². The summed E-state index contributed by atoms with van der Waals surface area (Å²) in [4.78, 5) is 1.36. The fourth-order valence-electron chi connectivity index (χ4n) is 1.63. The number of hydrogen-bond donors (Lipinski definition) is 1. The van der Waals surface area contributed by atoms with Crippen molar-refractivity contribution in [2.45, 2.75) is 45.1 Å². The maximum absolute atomic E-state index is 3.66. The topological polar surface area (TPSA) is 12.0 Å². The highest BCUT2D eigenvalue weighted by Gasteiger charge is 2.23. The number of nitrogens with one attached hydrogen (secondary N) is 1. The molecule has 1 atom stereocenters. The molecule has 0 saturated carbocycles. The van der Waals surface area contributed by atoms with Crippen LogP contribution in [0.2, 0.25) is 0 Å². The van der Waals surface area contributed by atoms with Crippen LogP contribution in [-0.4, -0.2) is 18.3 Å². The Morgan fingerprint density at radius 1 is 1.18 bits per heavy atom. The molecule has 1 aromatic carbocycles. The molecule has 1 nitrogen and oxygen atoms in total. The standard InChI is InChI=1S/C15H25NS/c1-5-11-16-14(15(2,3)4)12-17-13-9-7-6-8-10-13/h6-10,14,16H,5,11-12H2,1-4H3. The highest BCUT2D eigenvalue weighted by Crippen LogP contribution is 2.26. The van der Waals surface area contributed by atoms with Gasteiger partial charge in [0.15, 0.2) is 0 Å². The zero-order valence-corrected chi connectivity index (χ0v) is 12.3. The molecule has 96 valence electrons. The van der Waals surface area contributed by atoms with Gasteiger partial charge in [0.25, 0.3) is 0 Å². The molecule has 0 aliphatic heterocycles. The van der Waals surface area contributed by atoms with Gasteiger partial charge in [0.2, 0.25) is 0 Å². The second kappa shape index (κ2) is 7.07. The molecule has 0 radical (unpaired) electrons. The van der Waals surface area contributed by atoms with Gasteiger partial charge in [-0.1, -0.05) is 45.9 Å². The highest BCUT2D eigenvalue weighted by atomic mass is 32.2. The van der Waals surface area contributed by atoms with E-state index >= 15 is 0 Å². The van der Waals surface area contributed by atoms with Crippen LogP contribution in [0.3, 0.4) is 0 Å². The van der Waals surface area contributed by atoms with Crippen molar-refractivity contribution in [1.29, 1.82) is 0 Å². The van der Waals surface area contributed by atoms with E-state index in [2.05, 4.69) is 63.3 Å². The molecule has 2 heteroatoms. The van der Waals surface area contributed by atoms with Gasteiger partial charge in [0.05, 0.1) is 0 Å². The maximum Gasteiger partial charge on any atom is 0.0210 e. The molecule has 0 heterocycles. The minimum Gasteiger partial charge on any atom is -0.313 e. The van der Waals surface area contributed by atoms with Gasteiger partial charge in [0, 0.05) is 16.7 Å². The van der Waals surface area contributed by atoms with E-state index in [1.54, 1.807) is 0 Å². The lowest BCUT2D eigenvalue weighted by Crippen LogP contribution is -2.42. The van der Waals surface area contributed by atoms with Crippen LogP contribution in [0.15, 0.2) is 35.2 Å². The third-order valence-corrected chi connectivity index (χ3v) is 3.95. The number of hydrogen-bond acceptors (Lipinski definition) is 2. The highest BCUT2D eigenvalue weighted by molar-refractivity contribution is 7.99. The lowest BCUT2D eigenvalue weighted by atomic mass is 9.88. The van der Waals surface area contributed by atoms with Crippen LogP contribution in [0.5, 0.6) is 0 Å². The van der Waals surface area contributed by atoms with Crippen molar-refractivity contribution in [3.8, 4) is 0 Å². The molecule has 0 saturated heterocycles. The third-order valence-electron chi connectivity index (χ3n) is 2.85. The maximum atomic E-state index is 3.66. The summed E-state index contributed by atoms with van der Waals surface area (Å²) in [5.41, 5.74) is 0.316. The molecule has 17 heavy (non-hydrogen) atoms. The molecule has 0 bridgehead atoms. The Bertz CT molecular complexity index is 302. The smallest absolute Gasteiger partial charge is 0.0210 e. The van der Waals surface area contributed by atoms with E-state index in [0.29, 0.717) is 11.5 Å². The average molecular weight is 251 g/mol. The van der Waals surface area contributed by atoms with Crippen molar-refractivity contribution in [2.24, 2.45) is 5.41 Å². The van der Waals surface area contributed by atoms with Gasteiger partial charge in [0.1, 0.15) is 0 Å². The van der Waals surface area contributed by atoms with Crippen LogP contribution in [0.1, 0.15) is 34.1 Å². The predicted octanol–water partition coefficient (Wildman–Crippen LogP) is 4.19. The third kappa shape index (κ3) is 5.60. The zero-order chi connectivity index (χ0) is 12.7. The van der Waals surface area contributed by atoms with Gasteiger partial charge < -0.3 is 5.32 Å². The molecule has 1 rings (SSSR count). The van der Waals surface area contributed by atoms with Crippen molar-refractivity contribution in [3.05, 3.63) is 30.3 Å². The van der Waals surface area contributed by atoms with Gasteiger partial charge in [-0.15, -0.1) is 11.8 Å². The largest absolute Gasteiger partial charge is 0.313 e. The summed E-state index contributed by atoms with van der Waals surface area (Å²) in [6.45, 7) is 10.3. The fourth-order valence-corrected chi connectivity index (χ4v) is 2.96. The Morgan fingerprint density at radius 3 is 2.35 bits per heavy atom. The van der Waals surface area contributed by atoms with Crippen molar-refractivity contribution < 1.29 is 0 Å². The lowest BCUT2D eigenvalue weighted by molar-refractivity contribution is 0.292. The number of thioether (sulfide) groups is 1. The Hall–Kier alpha value is -0.470. The summed E-state index contributed by atoms with van der Waals surface area (Å²) >= 11 is 1.94. The molecule has 0 aliphatic rings. The van der Waals surface area contributed by atoms with E-state index in [0.717, 1.165) is 12.3 Å². The van der Waals surface area contributed by atoms with Gasteiger partial charge in [-0.2, -0.15) is 0 Å². The fraction of sp³-hybridized carbons (Fsp3) is 0.600. The minimum absolute atomic E-state index is 0.316. The van der Waals surface area contributed by atoms with E-state index < -0.39 is 0 Å². The van der Waals surface area contributed by atoms with Crippen LogP contribution in [0, 0.1) is 5.41 Å². The Balaban J connectivity index is 2.49. The molecule has 1 N–H and O–H groups in total. The summed E-state index contributed by atoms with van der Waals surface area (Å²) in [7, 11) is 0. The van der Waals surface area contributed by atoms with E-state index in [4.69, 9.17) is 0 Å². The minimum atomic E-state index is 0.316. The summed E-state index contributed by atoms with van der Waals surface area (Å²) in [6.07, 6.45) is 1.20. The molecule has 1 aromatic rings. The van der Waals surface area contributed by atoms with Crippen LogP contribution in [-0.2, 0) is 0 Å². The number of benzene rings is 1. The summed E-state index contributed by atoms with van der Waals surface area (Å²) in [5.74, 6) is 1.13. The quantitative estimate of drug-likeness (QED) is 0.761. The number of rotatable bonds is 6. The zero-order valence-electron chi connectivity index (χ0n) is 11.5. The summed E-state index contributed by atoms with van der Waals surface area (Å²) < 4.78 is 0. The molecule has 0 aromatic heterocycles. The molecule has 0 aliphatic carbocycles. The van der Waals surface area contributed by atoms with Crippen LogP contribution in [0.4, 0.5) is 0 Å². The monoisotopic (exact) mass is 251 g/mol. The average Bonchev–Trinajstić information content (AvgIpc) is 2.29. The molecule has 0 fully saturated rings. The predicted molar refractivity (Wildman–Crippen MR) is 78.7 cm³/mol. The van der Waals surface area contributed by atoms with Crippen LogP contribution in [0.25, 0.3) is 0 Å². The van der Waals surface area contributed by atoms with Crippen molar-refractivity contribution in [2.75, 3.05) is 12.3 Å². The SMILES string of the molecule is CCCNC(CSc1ccccc1)C(C)(C)C. The first kappa shape index (κ1) is 14.6. The molecule has 0 spiro atoms. The van der Waals surface area contributed by atoms with Gasteiger partial charge in [-0.05, 0) is 30.5 Å². The van der Waals surface area contributed by atoms with Gasteiger partial charge in [-0.25, -0.2) is 0 Å². The van der Waals surface area contributed by atoms with E-state index in [-0.39, 0.29) is 0 Å². The molecule has 0 amide bonds. The van der Waals surface area contributed by atoms with Crippen molar-refractivity contribution >= 4 is 11.8 Å². The molecular weight excluding hydrogens is 226 g/mol. The Kier molecular flexibility index (Phi) is 6.07. The van der Waals surface area contributed by atoms with Crippen molar-refractivity contribution in [1.82, 2.24) is 5.32 Å². The van der Waals surface area contributed by atoms with Gasteiger partial charge in [-0.3, -0.25) is 0 Å². The Labute approximate surface area is 110 Å². The first-order valence-corrected chi connectivity index (χ1v) is 7.44. The van der Waals surface area contributed by atoms with E-state index in [1.165, 1.54) is 11.3 Å². The first-order chi connectivity index (χ1) is 8.04. The second-order valence-electron chi connectivity index (χ2n) is 5.50. The second-order valence-corrected chi connectivity index (χ2v) is 6.59. The van der Waals surface area contributed by atoms with Crippen molar-refractivity contribution in [3.63, 3.8) is 0 Å². The Morgan fingerprint density at radius 2 is 1.82 bits per heavy atom.